The van der Waals surface area contributed by atoms with E-state index in [1.165, 1.54) is 50.1 Å². The van der Waals surface area contributed by atoms with Crippen LogP contribution in [0.3, 0.4) is 0 Å². The smallest absolute Gasteiger partial charge is 0.0443 e. The van der Waals surface area contributed by atoms with Crippen LogP contribution in [0.1, 0.15) is 29.9 Å². The molecule has 0 bridgehead atoms. The first kappa shape index (κ1) is 16.3. The van der Waals surface area contributed by atoms with Crippen molar-refractivity contribution < 1.29 is 0 Å². The lowest BCUT2D eigenvalue weighted by Gasteiger charge is -2.30. The Morgan fingerprint density at radius 3 is 2.55 bits per heavy atom. The zero-order valence-corrected chi connectivity index (χ0v) is 14.4. The number of likely N-dealkylation sites (tertiary alicyclic amines) is 1. The predicted octanol–water partition coefficient (Wildman–Crippen LogP) is 2.60. The molecule has 0 amide bonds. The highest BCUT2D eigenvalue weighted by atomic mass is 35.5. The Morgan fingerprint density at radius 2 is 1.86 bits per heavy atom. The maximum Gasteiger partial charge on any atom is 0.0443 e. The molecule has 0 unspecified atom stereocenters. The van der Waals surface area contributed by atoms with E-state index in [1.807, 2.05) is 0 Å². The second kappa shape index (κ2) is 7.78. The molecule has 1 aromatic rings. The highest BCUT2D eigenvalue weighted by Gasteiger charge is 2.20. The Hall–Kier alpha value is -0.610. The van der Waals surface area contributed by atoms with Crippen molar-refractivity contribution in [1.82, 2.24) is 15.1 Å². The van der Waals surface area contributed by atoms with Crippen molar-refractivity contribution in [3.63, 3.8) is 0 Å². The van der Waals surface area contributed by atoms with Gasteiger partial charge in [-0.05, 0) is 62.5 Å². The van der Waals surface area contributed by atoms with Crippen LogP contribution in [0.5, 0.6) is 0 Å². The van der Waals surface area contributed by atoms with Gasteiger partial charge >= 0.3 is 0 Å². The molecule has 0 saturated carbocycles. The Balaban J connectivity index is 1.57. The molecule has 0 atom stereocenters. The molecule has 1 N–H and O–H groups in total. The van der Waals surface area contributed by atoms with Crippen LogP contribution in [0.25, 0.3) is 0 Å². The van der Waals surface area contributed by atoms with E-state index in [1.54, 1.807) is 0 Å². The van der Waals surface area contributed by atoms with E-state index < -0.39 is 0 Å². The molecule has 0 aromatic heterocycles. The molecule has 122 valence electrons. The average Bonchev–Trinajstić information content (AvgIpc) is 2.55. The molecule has 3 nitrogen and oxygen atoms in total. The van der Waals surface area contributed by atoms with E-state index in [9.17, 15) is 0 Å². The van der Waals surface area contributed by atoms with Gasteiger partial charge in [-0.2, -0.15) is 0 Å². The van der Waals surface area contributed by atoms with Gasteiger partial charge < -0.3 is 15.1 Å². The van der Waals surface area contributed by atoms with E-state index in [-0.39, 0.29) is 0 Å². The summed E-state index contributed by atoms with van der Waals surface area (Å²) in [6.45, 7) is 8.09. The first-order valence-electron chi connectivity index (χ1n) is 8.62. The number of hydrogen-bond acceptors (Lipinski definition) is 3. The number of nitrogens with zero attached hydrogens (tertiary/aromatic N) is 2. The lowest BCUT2D eigenvalue weighted by atomic mass is 9.89. The summed E-state index contributed by atoms with van der Waals surface area (Å²) in [5.74, 6) is 0.644. The van der Waals surface area contributed by atoms with Crippen LogP contribution in [0.4, 0.5) is 0 Å². The minimum atomic E-state index is 0.644. The first-order chi connectivity index (χ1) is 10.7. The summed E-state index contributed by atoms with van der Waals surface area (Å²) in [7, 11) is 2.21. The number of piperidine rings is 1. The van der Waals surface area contributed by atoms with Crippen molar-refractivity contribution in [3.8, 4) is 0 Å². The Bertz CT molecular complexity index is 477. The number of hydrogen-bond donors (Lipinski definition) is 1. The van der Waals surface area contributed by atoms with Gasteiger partial charge in [-0.1, -0.05) is 23.7 Å². The molecule has 2 fully saturated rings. The van der Waals surface area contributed by atoms with Crippen molar-refractivity contribution in [2.24, 2.45) is 0 Å². The third-order valence-corrected chi connectivity index (χ3v) is 5.48. The van der Waals surface area contributed by atoms with Gasteiger partial charge in [0.25, 0.3) is 0 Å². The molecule has 3 rings (SSSR count). The fraction of sp³-hybridized carbons (Fsp3) is 0.667. The van der Waals surface area contributed by atoms with Gasteiger partial charge in [0, 0.05) is 37.7 Å². The topological polar surface area (TPSA) is 18.5 Å². The van der Waals surface area contributed by atoms with Crippen LogP contribution in [-0.2, 0) is 6.42 Å². The molecule has 2 heterocycles. The van der Waals surface area contributed by atoms with Crippen LogP contribution in [0.2, 0.25) is 5.02 Å². The van der Waals surface area contributed by atoms with Crippen LogP contribution in [0, 0.1) is 0 Å². The second-order valence-corrected chi connectivity index (χ2v) is 7.18. The number of piperazine rings is 1. The molecule has 0 radical (unpaired) electrons. The molecule has 0 aliphatic carbocycles. The van der Waals surface area contributed by atoms with Crippen LogP contribution >= 0.6 is 11.6 Å². The lowest BCUT2D eigenvalue weighted by Crippen LogP contribution is -2.44. The fourth-order valence-corrected chi connectivity index (χ4v) is 3.96. The van der Waals surface area contributed by atoms with Gasteiger partial charge in [0.2, 0.25) is 0 Å². The van der Waals surface area contributed by atoms with E-state index in [4.69, 9.17) is 11.6 Å². The molecule has 0 spiro atoms. The summed E-state index contributed by atoms with van der Waals surface area (Å²) < 4.78 is 0. The van der Waals surface area contributed by atoms with Gasteiger partial charge in [0.15, 0.2) is 0 Å². The average molecular weight is 322 g/mol. The van der Waals surface area contributed by atoms with Crippen molar-refractivity contribution in [3.05, 3.63) is 34.3 Å². The summed E-state index contributed by atoms with van der Waals surface area (Å²) >= 11 is 6.58. The van der Waals surface area contributed by atoms with Gasteiger partial charge in [-0.15, -0.1) is 0 Å². The summed E-state index contributed by atoms with van der Waals surface area (Å²) in [5.41, 5.74) is 2.74. The van der Waals surface area contributed by atoms with E-state index in [0.717, 1.165) is 31.1 Å². The van der Waals surface area contributed by atoms with Gasteiger partial charge in [0.1, 0.15) is 0 Å². The fourth-order valence-electron chi connectivity index (χ4n) is 3.60. The number of halogens is 1. The summed E-state index contributed by atoms with van der Waals surface area (Å²) in [6.07, 6.45) is 3.57. The molecule has 2 aliphatic heterocycles. The largest absolute Gasteiger partial charge is 0.314 e. The lowest BCUT2D eigenvalue weighted by molar-refractivity contribution is 0.244. The van der Waals surface area contributed by atoms with Crippen LogP contribution in [-0.4, -0.2) is 62.7 Å². The van der Waals surface area contributed by atoms with Crippen molar-refractivity contribution in [1.29, 1.82) is 0 Å². The summed E-state index contributed by atoms with van der Waals surface area (Å²) in [6, 6.07) is 6.78. The Morgan fingerprint density at radius 1 is 1.14 bits per heavy atom. The molecule has 4 heteroatoms. The predicted molar refractivity (Wildman–Crippen MR) is 93.9 cm³/mol. The van der Waals surface area contributed by atoms with Gasteiger partial charge in [0.05, 0.1) is 0 Å². The first-order valence-corrected chi connectivity index (χ1v) is 9.00. The SMILES string of the molecule is CN1CCC(c2ccc(CCN3CCNCC3)cc2Cl)CC1. The third-order valence-electron chi connectivity index (χ3n) is 5.15. The second-order valence-electron chi connectivity index (χ2n) is 6.78. The van der Waals surface area contributed by atoms with E-state index >= 15 is 0 Å². The summed E-state index contributed by atoms with van der Waals surface area (Å²) in [5, 5.41) is 4.38. The monoisotopic (exact) mass is 321 g/mol. The van der Waals surface area contributed by atoms with E-state index in [2.05, 4.69) is 40.4 Å². The number of rotatable bonds is 4. The minimum absolute atomic E-state index is 0.644. The number of benzene rings is 1. The van der Waals surface area contributed by atoms with Crippen molar-refractivity contribution in [2.75, 3.05) is 52.9 Å². The minimum Gasteiger partial charge on any atom is -0.314 e. The number of nitrogens with one attached hydrogen (secondary N) is 1. The Kier molecular flexibility index (Phi) is 5.75. The highest BCUT2D eigenvalue weighted by molar-refractivity contribution is 6.31. The van der Waals surface area contributed by atoms with Gasteiger partial charge in [-0.3, -0.25) is 0 Å². The van der Waals surface area contributed by atoms with Crippen LogP contribution < -0.4 is 5.32 Å². The zero-order valence-electron chi connectivity index (χ0n) is 13.7. The molecule has 1 aromatic carbocycles. The maximum atomic E-state index is 6.58. The molecule has 2 saturated heterocycles. The normalized spacial score (nSPS) is 22.1. The maximum absolute atomic E-state index is 6.58. The standard InChI is InChI=1S/C18H28ClN3/c1-21-9-5-16(6-10-21)17-3-2-15(14-18(17)19)4-11-22-12-7-20-8-13-22/h2-3,14,16,20H,4-13H2,1H3. The summed E-state index contributed by atoms with van der Waals surface area (Å²) in [4.78, 5) is 4.95. The molecule has 22 heavy (non-hydrogen) atoms. The molecule has 2 aliphatic rings. The zero-order chi connectivity index (χ0) is 15.4. The quantitative estimate of drug-likeness (QED) is 0.919. The van der Waals surface area contributed by atoms with Crippen molar-refractivity contribution >= 4 is 11.6 Å². The third kappa shape index (κ3) is 4.23. The molecular formula is C18H28ClN3. The van der Waals surface area contributed by atoms with E-state index in [0.29, 0.717) is 5.92 Å². The van der Waals surface area contributed by atoms with Gasteiger partial charge in [-0.25, -0.2) is 0 Å². The van der Waals surface area contributed by atoms with Crippen LogP contribution in [0.15, 0.2) is 18.2 Å². The van der Waals surface area contributed by atoms with Crippen molar-refractivity contribution in [2.45, 2.75) is 25.2 Å². The highest BCUT2D eigenvalue weighted by Crippen LogP contribution is 2.33. The Labute approximate surface area is 139 Å². The molecular weight excluding hydrogens is 294 g/mol.